The van der Waals surface area contributed by atoms with Crippen molar-refractivity contribution >= 4 is 16.0 Å². The van der Waals surface area contributed by atoms with Crippen LogP contribution in [0.25, 0.3) is 0 Å². The molecule has 0 atom stereocenters. The van der Waals surface area contributed by atoms with E-state index in [1.54, 1.807) is 0 Å². The van der Waals surface area contributed by atoms with E-state index in [-0.39, 0.29) is 0 Å². The molecule has 0 aliphatic rings. The summed E-state index contributed by atoms with van der Waals surface area (Å²) in [5.74, 6) is -3.56. The van der Waals surface area contributed by atoms with E-state index in [1.807, 2.05) is 0 Å². The van der Waals surface area contributed by atoms with Crippen LogP contribution < -0.4 is 4.72 Å². The lowest BCUT2D eigenvalue weighted by Crippen LogP contribution is -2.21. The lowest BCUT2D eigenvalue weighted by atomic mass is 10.8. The van der Waals surface area contributed by atoms with Gasteiger partial charge in [-0.15, -0.1) is 5.10 Å². The molecule has 2 N–H and O–H groups in total. The van der Waals surface area contributed by atoms with E-state index in [2.05, 4.69) is 15.2 Å². The summed E-state index contributed by atoms with van der Waals surface area (Å²) in [5, 5.41) is 5.62. The van der Waals surface area contributed by atoms with Crippen LogP contribution in [0.1, 0.15) is 5.82 Å². The Morgan fingerprint density at radius 1 is 1.54 bits per heavy atom. The van der Waals surface area contributed by atoms with Gasteiger partial charge in [0.2, 0.25) is 0 Å². The van der Waals surface area contributed by atoms with Gasteiger partial charge in [0.1, 0.15) is 5.82 Å². The summed E-state index contributed by atoms with van der Waals surface area (Å²) < 4.78 is 46.2. The number of rotatable bonds is 3. The standard InChI is InChI=1S/C4H6F2N4O2S/c1-2-7-4(9-8-2)10-13(11,12)3(5)6/h3H,1H3,(H2,7,8,9,10). The first kappa shape index (κ1) is 9.84. The van der Waals surface area contributed by atoms with Crippen molar-refractivity contribution in [1.82, 2.24) is 15.2 Å². The maximum Gasteiger partial charge on any atom is 0.355 e. The second-order valence-corrected chi connectivity index (χ2v) is 3.80. The van der Waals surface area contributed by atoms with Crippen LogP contribution in [0.3, 0.4) is 0 Å². The molecule has 0 amide bonds. The molecule has 74 valence electrons. The molecular formula is C4H6F2N4O2S. The van der Waals surface area contributed by atoms with E-state index in [0.717, 1.165) is 0 Å². The number of alkyl halides is 2. The van der Waals surface area contributed by atoms with Crippen LogP contribution in [0.15, 0.2) is 0 Å². The van der Waals surface area contributed by atoms with Crippen molar-refractivity contribution in [3.8, 4) is 0 Å². The predicted molar refractivity (Wildman–Crippen MR) is 39.7 cm³/mol. The Morgan fingerprint density at radius 3 is 2.54 bits per heavy atom. The molecule has 0 aromatic carbocycles. The van der Waals surface area contributed by atoms with Gasteiger partial charge in [-0.05, 0) is 6.92 Å². The minimum atomic E-state index is -4.67. The van der Waals surface area contributed by atoms with Gasteiger partial charge in [0, 0.05) is 0 Å². The highest BCUT2D eigenvalue weighted by Crippen LogP contribution is 2.08. The number of nitrogens with one attached hydrogen (secondary N) is 2. The highest BCUT2D eigenvalue weighted by atomic mass is 32.2. The zero-order chi connectivity index (χ0) is 10.1. The van der Waals surface area contributed by atoms with Crippen molar-refractivity contribution in [3.63, 3.8) is 0 Å². The summed E-state index contributed by atoms with van der Waals surface area (Å²) in [6.07, 6.45) is 0. The van der Waals surface area contributed by atoms with Crippen LogP contribution in [-0.4, -0.2) is 29.4 Å². The Kier molecular flexibility index (Phi) is 2.45. The van der Waals surface area contributed by atoms with Crippen molar-refractivity contribution in [3.05, 3.63) is 5.82 Å². The van der Waals surface area contributed by atoms with Crippen LogP contribution in [-0.2, 0) is 10.0 Å². The summed E-state index contributed by atoms with van der Waals surface area (Å²) >= 11 is 0. The van der Waals surface area contributed by atoms with Gasteiger partial charge in [0.25, 0.3) is 16.0 Å². The number of nitrogens with zero attached hydrogens (tertiary/aromatic N) is 2. The van der Waals surface area contributed by atoms with E-state index < -0.39 is 21.7 Å². The van der Waals surface area contributed by atoms with E-state index in [9.17, 15) is 17.2 Å². The molecule has 1 aromatic rings. The van der Waals surface area contributed by atoms with Crippen molar-refractivity contribution in [2.24, 2.45) is 0 Å². The van der Waals surface area contributed by atoms with Crippen molar-refractivity contribution in [2.75, 3.05) is 4.72 Å². The highest BCUT2D eigenvalue weighted by molar-refractivity contribution is 7.92. The molecule has 1 heterocycles. The normalized spacial score (nSPS) is 12.0. The Morgan fingerprint density at radius 2 is 2.15 bits per heavy atom. The smallest absolute Gasteiger partial charge is 0.261 e. The molecule has 6 nitrogen and oxygen atoms in total. The Bertz CT molecular complexity index is 387. The Hall–Kier alpha value is -1.25. The minimum absolute atomic E-state index is 0.326. The quantitative estimate of drug-likeness (QED) is 0.742. The monoisotopic (exact) mass is 212 g/mol. The average Bonchev–Trinajstić information content (AvgIpc) is 2.34. The predicted octanol–water partition coefficient (Wildman–Crippen LogP) is 0.0774. The van der Waals surface area contributed by atoms with Gasteiger partial charge in [0.15, 0.2) is 0 Å². The fraction of sp³-hybridized carbons (Fsp3) is 0.500. The van der Waals surface area contributed by atoms with Gasteiger partial charge in [-0.25, -0.2) is 13.1 Å². The van der Waals surface area contributed by atoms with Crippen LogP contribution >= 0.6 is 0 Å². The summed E-state index contributed by atoms with van der Waals surface area (Å²) in [5.41, 5.74) is 0. The van der Waals surface area contributed by atoms with Crippen LogP contribution in [0.5, 0.6) is 0 Å². The third-order valence-electron chi connectivity index (χ3n) is 1.07. The number of aryl methyl sites for hydroxylation is 1. The second kappa shape index (κ2) is 3.24. The van der Waals surface area contributed by atoms with Gasteiger partial charge in [0.05, 0.1) is 0 Å². The number of H-pyrrole nitrogens is 1. The minimum Gasteiger partial charge on any atom is -0.261 e. The van der Waals surface area contributed by atoms with Crippen LogP contribution in [0, 0.1) is 6.92 Å². The SMILES string of the molecule is Cc1nc(NS(=O)(=O)C(F)F)n[nH]1. The lowest BCUT2D eigenvalue weighted by molar-refractivity contribution is 0.236. The summed E-state index contributed by atoms with van der Waals surface area (Å²) in [6.45, 7) is 1.51. The van der Waals surface area contributed by atoms with E-state index in [0.29, 0.717) is 5.82 Å². The third-order valence-corrected chi connectivity index (χ3v) is 2.00. The number of hydrogen-bond acceptors (Lipinski definition) is 4. The molecule has 0 saturated heterocycles. The molecule has 0 aliphatic carbocycles. The molecule has 0 fully saturated rings. The lowest BCUT2D eigenvalue weighted by Gasteiger charge is -2.00. The highest BCUT2D eigenvalue weighted by Gasteiger charge is 2.25. The topological polar surface area (TPSA) is 87.7 Å². The molecule has 0 unspecified atom stereocenters. The van der Waals surface area contributed by atoms with Gasteiger partial charge in [-0.1, -0.05) is 0 Å². The summed E-state index contributed by atoms with van der Waals surface area (Å²) in [7, 11) is -4.67. The summed E-state index contributed by atoms with van der Waals surface area (Å²) in [4.78, 5) is 3.49. The number of aromatic amines is 1. The molecule has 0 bridgehead atoms. The molecule has 0 aliphatic heterocycles. The molecule has 1 rings (SSSR count). The average molecular weight is 212 g/mol. The second-order valence-electron chi connectivity index (χ2n) is 2.15. The van der Waals surface area contributed by atoms with Crippen molar-refractivity contribution in [1.29, 1.82) is 0 Å². The van der Waals surface area contributed by atoms with Crippen LogP contribution in [0.4, 0.5) is 14.7 Å². The molecule has 9 heteroatoms. The number of aromatic nitrogens is 3. The summed E-state index contributed by atoms with van der Waals surface area (Å²) in [6, 6.07) is 0. The van der Waals surface area contributed by atoms with E-state index in [4.69, 9.17) is 0 Å². The molecule has 1 aromatic heterocycles. The molecule has 0 spiro atoms. The maximum absolute atomic E-state index is 11.8. The largest absolute Gasteiger partial charge is 0.355 e. The number of halogens is 2. The zero-order valence-electron chi connectivity index (χ0n) is 6.45. The first-order valence-electron chi connectivity index (χ1n) is 3.10. The number of anilines is 1. The fourth-order valence-corrected chi connectivity index (χ4v) is 0.995. The van der Waals surface area contributed by atoms with Crippen molar-refractivity contribution < 1.29 is 17.2 Å². The first-order chi connectivity index (χ1) is 5.92. The molecule has 13 heavy (non-hydrogen) atoms. The Balaban J connectivity index is 2.81. The van der Waals surface area contributed by atoms with Gasteiger partial charge in [-0.2, -0.15) is 13.8 Å². The number of sulfonamides is 1. The zero-order valence-corrected chi connectivity index (χ0v) is 7.27. The molecular weight excluding hydrogens is 206 g/mol. The maximum atomic E-state index is 11.8. The van der Waals surface area contributed by atoms with Gasteiger partial charge >= 0.3 is 5.76 Å². The molecule has 0 radical (unpaired) electrons. The number of hydrogen-bond donors (Lipinski definition) is 2. The van der Waals surface area contributed by atoms with Gasteiger partial charge in [-0.3, -0.25) is 5.10 Å². The third kappa shape index (κ3) is 2.34. The van der Waals surface area contributed by atoms with Crippen LogP contribution in [0.2, 0.25) is 0 Å². The first-order valence-corrected chi connectivity index (χ1v) is 4.65. The van der Waals surface area contributed by atoms with E-state index in [1.165, 1.54) is 11.6 Å². The Labute approximate surface area is 72.4 Å². The van der Waals surface area contributed by atoms with Gasteiger partial charge < -0.3 is 0 Å². The van der Waals surface area contributed by atoms with Crippen molar-refractivity contribution in [2.45, 2.75) is 12.7 Å². The molecule has 0 saturated carbocycles. The van der Waals surface area contributed by atoms with E-state index >= 15 is 0 Å². The fourth-order valence-electron chi connectivity index (χ4n) is 0.560.